The Bertz CT molecular complexity index is 978. The molecular weight excluding hydrogens is 381 g/mol. The van der Waals surface area contributed by atoms with Crippen molar-refractivity contribution in [3.8, 4) is 11.3 Å². The lowest BCUT2D eigenvalue weighted by Gasteiger charge is -2.11. The van der Waals surface area contributed by atoms with Gasteiger partial charge in [-0.15, -0.1) is 11.3 Å². The van der Waals surface area contributed by atoms with Gasteiger partial charge in [0.05, 0.1) is 12.1 Å². The lowest BCUT2D eigenvalue weighted by atomic mass is 10.1. The average Bonchev–Trinajstić information content (AvgIpc) is 3.36. The van der Waals surface area contributed by atoms with Gasteiger partial charge in [-0.2, -0.15) is 0 Å². The van der Waals surface area contributed by atoms with Gasteiger partial charge in [-0.25, -0.2) is 9.18 Å². The van der Waals surface area contributed by atoms with Crippen molar-refractivity contribution in [3.05, 3.63) is 76.4 Å². The number of carbonyl (C=O) groups is 2. The summed E-state index contributed by atoms with van der Waals surface area (Å²) in [7, 11) is 0. The molecule has 28 heavy (non-hydrogen) atoms. The van der Waals surface area contributed by atoms with E-state index in [-0.39, 0.29) is 5.91 Å². The Labute approximate surface area is 165 Å². The second kappa shape index (κ2) is 9.14. The molecule has 7 heteroatoms. The summed E-state index contributed by atoms with van der Waals surface area (Å²) in [5.74, 6) is -0.732. The van der Waals surface area contributed by atoms with E-state index in [1.807, 2.05) is 17.5 Å². The summed E-state index contributed by atoms with van der Waals surface area (Å²) in [5, 5.41) is 4.63. The predicted molar refractivity (Wildman–Crippen MR) is 105 cm³/mol. The van der Waals surface area contributed by atoms with E-state index in [4.69, 9.17) is 9.15 Å². The number of hydrogen-bond acceptors (Lipinski definition) is 5. The molecular formula is C21H18FNO4S. The molecule has 1 atom stereocenters. The Morgan fingerprint density at radius 1 is 1.21 bits per heavy atom. The smallest absolute Gasteiger partial charge is 0.331 e. The van der Waals surface area contributed by atoms with Crippen molar-refractivity contribution < 1.29 is 23.1 Å². The fourth-order valence-electron chi connectivity index (χ4n) is 2.40. The van der Waals surface area contributed by atoms with E-state index < -0.39 is 17.9 Å². The molecule has 0 bridgehead atoms. The van der Waals surface area contributed by atoms with E-state index in [0.717, 1.165) is 11.0 Å². The second-order valence-corrected chi connectivity index (χ2v) is 6.92. The fourth-order valence-corrected chi connectivity index (χ4v) is 3.04. The van der Waals surface area contributed by atoms with Crippen LogP contribution in [0.3, 0.4) is 0 Å². The molecule has 1 N–H and O–H groups in total. The molecule has 3 rings (SSSR count). The zero-order chi connectivity index (χ0) is 19.9. The standard InChI is InChI=1S/C21H18FNO4S/c1-14(21(25)23-13-16-5-4-12-28-16)26-20(24)11-9-15-8-10-19(27-15)17-6-2-3-7-18(17)22/h2-12,14H,13H2,1H3,(H,23,25)/b11-9+/t14-/m1/s1. The van der Waals surface area contributed by atoms with Crippen molar-refractivity contribution in [1.82, 2.24) is 5.32 Å². The second-order valence-electron chi connectivity index (χ2n) is 5.89. The summed E-state index contributed by atoms with van der Waals surface area (Å²) in [6, 6.07) is 13.3. The number of carbonyl (C=O) groups excluding carboxylic acids is 2. The molecule has 0 unspecified atom stereocenters. The molecule has 144 valence electrons. The largest absolute Gasteiger partial charge is 0.457 e. The van der Waals surface area contributed by atoms with Crippen molar-refractivity contribution in [2.75, 3.05) is 0 Å². The van der Waals surface area contributed by atoms with Gasteiger partial charge < -0.3 is 14.5 Å². The van der Waals surface area contributed by atoms with Crippen LogP contribution >= 0.6 is 11.3 Å². The molecule has 0 aliphatic rings. The van der Waals surface area contributed by atoms with Crippen LogP contribution in [0.25, 0.3) is 17.4 Å². The Morgan fingerprint density at radius 2 is 2.04 bits per heavy atom. The third-order valence-electron chi connectivity index (χ3n) is 3.83. The third-order valence-corrected chi connectivity index (χ3v) is 4.71. The maximum atomic E-state index is 13.8. The summed E-state index contributed by atoms with van der Waals surface area (Å²) in [6.45, 7) is 1.89. The first kappa shape index (κ1) is 19.6. The van der Waals surface area contributed by atoms with E-state index in [1.165, 1.54) is 30.4 Å². The summed E-state index contributed by atoms with van der Waals surface area (Å²) in [6.07, 6.45) is 1.64. The van der Waals surface area contributed by atoms with Crippen molar-refractivity contribution in [1.29, 1.82) is 0 Å². The number of esters is 1. The number of thiophene rings is 1. The molecule has 2 heterocycles. The molecule has 0 radical (unpaired) electrons. The summed E-state index contributed by atoms with van der Waals surface area (Å²) in [4.78, 5) is 24.9. The van der Waals surface area contributed by atoms with Crippen LogP contribution in [0, 0.1) is 5.82 Å². The van der Waals surface area contributed by atoms with Gasteiger partial charge in [0.25, 0.3) is 5.91 Å². The topological polar surface area (TPSA) is 68.5 Å². The number of hydrogen-bond donors (Lipinski definition) is 1. The van der Waals surface area contributed by atoms with Crippen LogP contribution in [0.4, 0.5) is 4.39 Å². The van der Waals surface area contributed by atoms with Crippen LogP contribution in [0.1, 0.15) is 17.6 Å². The van der Waals surface area contributed by atoms with E-state index in [2.05, 4.69) is 5.32 Å². The van der Waals surface area contributed by atoms with Gasteiger partial charge in [0.2, 0.25) is 0 Å². The minimum atomic E-state index is -0.928. The summed E-state index contributed by atoms with van der Waals surface area (Å²) in [5.41, 5.74) is 0.334. The van der Waals surface area contributed by atoms with Gasteiger partial charge in [-0.1, -0.05) is 18.2 Å². The molecule has 1 aromatic carbocycles. The van der Waals surface area contributed by atoms with Gasteiger partial charge in [0.1, 0.15) is 17.3 Å². The van der Waals surface area contributed by atoms with E-state index in [0.29, 0.717) is 23.6 Å². The Kier molecular flexibility index (Phi) is 6.39. The lowest BCUT2D eigenvalue weighted by Crippen LogP contribution is -2.34. The van der Waals surface area contributed by atoms with Crippen LogP contribution in [0.15, 0.2) is 64.4 Å². The van der Waals surface area contributed by atoms with Crippen LogP contribution in [-0.4, -0.2) is 18.0 Å². The number of ether oxygens (including phenoxy) is 1. The quantitative estimate of drug-likeness (QED) is 0.472. The molecule has 2 aromatic heterocycles. The number of halogens is 1. The van der Waals surface area contributed by atoms with Gasteiger partial charge in [-0.3, -0.25) is 4.79 Å². The van der Waals surface area contributed by atoms with E-state index >= 15 is 0 Å². The zero-order valence-electron chi connectivity index (χ0n) is 15.1. The van der Waals surface area contributed by atoms with Crippen molar-refractivity contribution in [2.24, 2.45) is 0 Å². The van der Waals surface area contributed by atoms with Gasteiger partial charge in [0.15, 0.2) is 6.10 Å². The fraction of sp³-hybridized carbons (Fsp3) is 0.143. The highest BCUT2D eigenvalue weighted by Crippen LogP contribution is 2.25. The Balaban J connectivity index is 1.52. The van der Waals surface area contributed by atoms with Crippen LogP contribution < -0.4 is 5.32 Å². The first-order valence-corrected chi connectivity index (χ1v) is 9.44. The zero-order valence-corrected chi connectivity index (χ0v) is 15.9. The maximum Gasteiger partial charge on any atom is 0.331 e. The summed E-state index contributed by atoms with van der Waals surface area (Å²) >= 11 is 1.53. The first-order valence-electron chi connectivity index (χ1n) is 8.56. The van der Waals surface area contributed by atoms with Crippen LogP contribution in [0.5, 0.6) is 0 Å². The van der Waals surface area contributed by atoms with Crippen molar-refractivity contribution >= 4 is 29.3 Å². The predicted octanol–water partition coefficient (Wildman–Crippen LogP) is 4.41. The number of benzene rings is 1. The maximum absolute atomic E-state index is 13.8. The number of amides is 1. The molecule has 0 aliphatic carbocycles. The van der Waals surface area contributed by atoms with Crippen molar-refractivity contribution in [2.45, 2.75) is 19.6 Å². The molecule has 0 saturated carbocycles. The highest BCUT2D eigenvalue weighted by molar-refractivity contribution is 7.09. The third kappa shape index (κ3) is 5.17. The number of furan rings is 1. The first-order chi connectivity index (χ1) is 13.5. The van der Waals surface area contributed by atoms with Crippen LogP contribution in [-0.2, 0) is 20.9 Å². The van der Waals surface area contributed by atoms with Crippen LogP contribution in [0.2, 0.25) is 0 Å². The van der Waals surface area contributed by atoms with Gasteiger partial charge in [0, 0.05) is 11.0 Å². The number of nitrogens with one attached hydrogen (secondary N) is 1. The van der Waals surface area contributed by atoms with Crippen molar-refractivity contribution in [3.63, 3.8) is 0 Å². The molecule has 0 saturated heterocycles. The molecule has 0 aliphatic heterocycles. The van der Waals surface area contributed by atoms with E-state index in [9.17, 15) is 14.0 Å². The highest BCUT2D eigenvalue weighted by atomic mass is 32.1. The minimum absolute atomic E-state index is 0.334. The monoisotopic (exact) mass is 399 g/mol. The normalized spacial score (nSPS) is 12.1. The molecule has 5 nitrogen and oxygen atoms in total. The summed E-state index contributed by atoms with van der Waals surface area (Å²) < 4.78 is 24.4. The molecule has 1 amide bonds. The molecule has 0 fully saturated rings. The molecule has 3 aromatic rings. The number of rotatable bonds is 7. The highest BCUT2D eigenvalue weighted by Gasteiger charge is 2.16. The van der Waals surface area contributed by atoms with Gasteiger partial charge >= 0.3 is 5.97 Å². The SMILES string of the molecule is C[C@@H](OC(=O)/C=C/c1ccc(-c2ccccc2F)o1)C(=O)NCc1cccs1. The average molecular weight is 399 g/mol. The Morgan fingerprint density at radius 3 is 2.79 bits per heavy atom. The lowest BCUT2D eigenvalue weighted by molar-refractivity contribution is -0.150. The van der Waals surface area contributed by atoms with E-state index in [1.54, 1.807) is 30.3 Å². The van der Waals surface area contributed by atoms with Gasteiger partial charge in [-0.05, 0) is 48.7 Å². The Hall–Kier alpha value is -3.19. The molecule has 0 spiro atoms. The minimum Gasteiger partial charge on any atom is -0.457 e.